The molecule has 0 aromatic carbocycles. The van der Waals surface area contributed by atoms with Gasteiger partial charge in [0, 0.05) is 19.3 Å². The van der Waals surface area contributed by atoms with Gasteiger partial charge >= 0.3 is 0 Å². The first-order valence-electron chi connectivity index (χ1n) is 8.25. The third-order valence-electron chi connectivity index (χ3n) is 4.26. The van der Waals surface area contributed by atoms with E-state index in [4.69, 9.17) is 4.74 Å². The van der Waals surface area contributed by atoms with Crippen LogP contribution in [-0.4, -0.2) is 51.2 Å². The van der Waals surface area contributed by atoms with E-state index in [-0.39, 0.29) is 18.6 Å². The molecule has 3 heterocycles. The average molecular weight is 329 g/mol. The van der Waals surface area contributed by atoms with Crippen molar-refractivity contribution in [3.63, 3.8) is 0 Å². The molecule has 1 aliphatic rings. The number of hydrogen-bond acceptors (Lipinski definition) is 5. The van der Waals surface area contributed by atoms with Crippen molar-refractivity contribution in [2.45, 2.75) is 39.2 Å². The molecule has 1 fully saturated rings. The lowest BCUT2D eigenvalue weighted by Gasteiger charge is -2.35. The predicted molar refractivity (Wildman–Crippen MR) is 89.3 cm³/mol. The van der Waals surface area contributed by atoms with E-state index in [1.807, 2.05) is 30.9 Å². The SMILES string of the molecule is COCC(=O)N1CCCC[C@H]1c1cc(-c2cc(C)[nH]n2)nc(C)n1. The number of aromatic nitrogens is 4. The van der Waals surface area contributed by atoms with Crippen molar-refractivity contribution in [3.8, 4) is 11.4 Å². The molecular formula is C17H23N5O2. The van der Waals surface area contributed by atoms with Gasteiger partial charge in [-0.05, 0) is 45.2 Å². The number of nitrogens with one attached hydrogen (secondary N) is 1. The highest BCUT2D eigenvalue weighted by Crippen LogP contribution is 2.31. The van der Waals surface area contributed by atoms with Crippen LogP contribution in [0, 0.1) is 13.8 Å². The lowest BCUT2D eigenvalue weighted by molar-refractivity contribution is -0.139. The third kappa shape index (κ3) is 3.46. The number of aryl methyl sites for hydroxylation is 2. The van der Waals surface area contributed by atoms with Crippen LogP contribution in [0.4, 0.5) is 0 Å². The van der Waals surface area contributed by atoms with E-state index in [2.05, 4.69) is 20.2 Å². The zero-order valence-electron chi connectivity index (χ0n) is 14.4. The van der Waals surface area contributed by atoms with Gasteiger partial charge in [-0.2, -0.15) is 5.10 Å². The summed E-state index contributed by atoms with van der Waals surface area (Å²) in [5, 5.41) is 7.22. The maximum absolute atomic E-state index is 12.4. The van der Waals surface area contributed by atoms with Crippen molar-refractivity contribution < 1.29 is 9.53 Å². The molecule has 0 aliphatic carbocycles. The van der Waals surface area contributed by atoms with Crippen LogP contribution in [-0.2, 0) is 9.53 Å². The smallest absolute Gasteiger partial charge is 0.249 e. The van der Waals surface area contributed by atoms with Crippen LogP contribution < -0.4 is 0 Å². The van der Waals surface area contributed by atoms with Crippen molar-refractivity contribution in [3.05, 3.63) is 29.3 Å². The van der Waals surface area contributed by atoms with E-state index >= 15 is 0 Å². The van der Waals surface area contributed by atoms with E-state index in [0.29, 0.717) is 5.82 Å². The standard InChI is InChI=1S/C17H23N5O2/c1-11-8-14(21-20-11)13-9-15(19-12(2)18-13)16-6-4-5-7-22(16)17(23)10-24-3/h8-9,16H,4-7,10H2,1-3H3,(H,20,21)/t16-/m0/s1. The number of H-pyrrole nitrogens is 1. The van der Waals surface area contributed by atoms with E-state index in [0.717, 1.165) is 48.6 Å². The van der Waals surface area contributed by atoms with Crippen molar-refractivity contribution >= 4 is 5.91 Å². The minimum absolute atomic E-state index is 0.00984. The molecule has 1 N–H and O–H groups in total. The molecular weight excluding hydrogens is 306 g/mol. The van der Waals surface area contributed by atoms with Crippen LogP contribution in [0.1, 0.15) is 42.5 Å². The fourth-order valence-electron chi connectivity index (χ4n) is 3.19. The van der Waals surface area contributed by atoms with Gasteiger partial charge in [0.25, 0.3) is 0 Å². The highest BCUT2D eigenvalue weighted by molar-refractivity contribution is 5.78. The topological polar surface area (TPSA) is 84.0 Å². The molecule has 0 saturated carbocycles. The third-order valence-corrected chi connectivity index (χ3v) is 4.26. The highest BCUT2D eigenvalue weighted by Gasteiger charge is 2.29. The van der Waals surface area contributed by atoms with E-state index < -0.39 is 0 Å². The quantitative estimate of drug-likeness (QED) is 0.929. The Balaban J connectivity index is 1.94. The molecule has 0 bridgehead atoms. The van der Waals surface area contributed by atoms with Gasteiger partial charge in [0.2, 0.25) is 5.91 Å². The summed E-state index contributed by atoms with van der Waals surface area (Å²) in [6, 6.07) is 3.88. The Kier molecular flexibility index (Phi) is 4.89. The molecule has 128 valence electrons. The van der Waals surface area contributed by atoms with Crippen LogP contribution in [0.15, 0.2) is 12.1 Å². The molecule has 0 spiro atoms. The molecule has 3 rings (SSSR count). The summed E-state index contributed by atoms with van der Waals surface area (Å²) in [5.41, 5.74) is 3.44. The molecule has 0 unspecified atom stereocenters. The van der Waals surface area contributed by atoms with Gasteiger partial charge in [-0.1, -0.05) is 0 Å². The van der Waals surface area contributed by atoms with Gasteiger partial charge in [-0.15, -0.1) is 0 Å². The first-order chi connectivity index (χ1) is 11.6. The number of rotatable bonds is 4. The van der Waals surface area contributed by atoms with Gasteiger partial charge in [0.15, 0.2) is 0 Å². The summed E-state index contributed by atoms with van der Waals surface area (Å²) < 4.78 is 5.02. The molecule has 2 aromatic rings. The molecule has 1 aliphatic heterocycles. The lowest BCUT2D eigenvalue weighted by Crippen LogP contribution is -2.40. The largest absolute Gasteiger partial charge is 0.375 e. The first-order valence-corrected chi connectivity index (χ1v) is 8.25. The Hall–Kier alpha value is -2.28. The number of carbonyl (C=O) groups excluding carboxylic acids is 1. The number of methoxy groups -OCH3 is 1. The summed E-state index contributed by atoms with van der Waals surface area (Å²) in [4.78, 5) is 23.3. The number of aromatic amines is 1. The van der Waals surface area contributed by atoms with Gasteiger partial charge in [-0.25, -0.2) is 9.97 Å². The van der Waals surface area contributed by atoms with Crippen LogP contribution in [0.2, 0.25) is 0 Å². The zero-order valence-corrected chi connectivity index (χ0v) is 14.4. The second kappa shape index (κ2) is 7.09. The van der Waals surface area contributed by atoms with Gasteiger partial charge in [0.1, 0.15) is 18.1 Å². The minimum atomic E-state index is -0.0260. The van der Waals surface area contributed by atoms with Gasteiger partial charge in [0.05, 0.1) is 17.4 Å². The Bertz CT molecular complexity index is 728. The summed E-state index contributed by atoms with van der Waals surface area (Å²) >= 11 is 0. The number of likely N-dealkylation sites (tertiary alicyclic amines) is 1. The normalized spacial score (nSPS) is 18.0. The molecule has 1 amide bonds. The fourth-order valence-corrected chi connectivity index (χ4v) is 3.19. The Morgan fingerprint density at radius 1 is 1.29 bits per heavy atom. The van der Waals surface area contributed by atoms with Crippen molar-refractivity contribution in [1.82, 2.24) is 25.1 Å². The van der Waals surface area contributed by atoms with E-state index in [1.54, 1.807) is 7.11 Å². The van der Waals surface area contributed by atoms with Gasteiger partial charge in [-0.3, -0.25) is 9.89 Å². The first kappa shape index (κ1) is 16.6. The average Bonchev–Trinajstić information content (AvgIpc) is 3.01. The predicted octanol–water partition coefficient (Wildman–Crippen LogP) is 2.18. The van der Waals surface area contributed by atoms with Crippen molar-refractivity contribution in [1.29, 1.82) is 0 Å². The maximum Gasteiger partial charge on any atom is 0.249 e. The van der Waals surface area contributed by atoms with E-state index in [9.17, 15) is 4.79 Å². The molecule has 0 radical (unpaired) electrons. The van der Waals surface area contributed by atoms with Crippen LogP contribution in [0.3, 0.4) is 0 Å². The van der Waals surface area contributed by atoms with Gasteiger partial charge < -0.3 is 9.64 Å². The summed E-state index contributed by atoms with van der Waals surface area (Å²) in [6.45, 7) is 4.67. The number of hydrogen-bond donors (Lipinski definition) is 1. The number of amides is 1. The molecule has 7 heteroatoms. The summed E-state index contributed by atoms with van der Waals surface area (Å²) in [7, 11) is 1.55. The second-order valence-corrected chi connectivity index (χ2v) is 6.19. The molecule has 1 saturated heterocycles. The van der Waals surface area contributed by atoms with Crippen molar-refractivity contribution in [2.75, 3.05) is 20.3 Å². The van der Waals surface area contributed by atoms with Crippen LogP contribution in [0.5, 0.6) is 0 Å². The Morgan fingerprint density at radius 2 is 2.12 bits per heavy atom. The lowest BCUT2D eigenvalue weighted by atomic mass is 9.98. The second-order valence-electron chi connectivity index (χ2n) is 6.19. The summed E-state index contributed by atoms with van der Waals surface area (Å²) in [6.07, 6.45) is 3.01. The number of nitrogens with zero attached hydrogens (tertiary/aromatic N) is 4. The minimum Gasteiger partial charge on any atom is -0.375 e. The number of carbonyl (C=O) groups is 1. The Labute approximate surface area is 141 Å². The van der Waals surface area contributed by atoms with E-state index in [1.165, 1.54) is 0 Å². The summed E-state index contributed by atoms with van der Waals surface area (Å²) in [5.74, 6) is 0.698. The molecule has 2 aromatic heterocycles. The molecule has 1 atom stereocenters. The van der Waals surface area contributed by atoms with Crippen LogP contribution in [0.25, 0.3) is 11.4 Å². The molecule has 24 heavy (non-hydrogen) atoms. The maximum atomic E-state index is 12.4. The Morgan fingerprint density at radius 3 is 2.83 bits per heavy atom. The zero-order chi connectivity index (χ0) is 17.1. The fraction of sp³-hybridized carbons (Fsp3) is 0.529. The highest BCUT2D eigenvalue weighted by atomic mass is 16.5. The monoisotopic (exact) mass is 329 g/mol. The van der Waals surface area contributed by atoms with Crippen LogP contribution >= 0.6 is 0 Å². The number of piperidine rings is 1. The number of ether oxygens (including phenoxy) is 1. The van der Waals surface area contributed by atoms with Crippen molar-refractivity contribution in [2.24, 2.45) is 0 Å². The molecule has 7 nitrogen and oxygen atoms in total.